The second kappa shape index (κ2) is 26.8. The Labute approximate surface area is 469 Å². The molecule has 19 heteroatoms. The average Bonchev–Trinajstić information content (AvgIpc) is 4.44. The van der Waals surface area contributed by atoms with E-state index in [9.17, 15) is 23.6 Å². The van der Waals surface area contributed by atoms with Gasteiger partial charge < -0.3 is 46.9 Å². The Morgan fingerprint density at radius 3 is 1.75 bits per heavy atom. The van der Waals surface area contributed by atoms with Crippen LogP contribution in [0.25, 0.3) is 4.85 Å². The molecule has 0 bridgehead atoms. The molecule has 0 spiro atoms. The fourth-order valence-electron chi connectivity index (χ4n) is 10.2. The largest absolute Gasteiger partial charge is 0.478 e. The molecular weight excluding hydrogens is 1030 g/mol. The first kappa shape index (κ1) is 58.8. The lowest BCUT2D eigenvalue weighted by atomic mass is 9.79. The fourth-order valence-corrected chi connectivity index (χ4v) is 10.2. The van der Waals surface area contributed by atoms with Gasteiger partial charge in [0.25, 0.3) is 5.91 Å². The van der Waals surface area contributed by atoms with Crippen LogP contribution in [0.3, 0.4) is 0 Å². The zero-order chi connectivity index (χ0) is 57.7. The van der Waals surface area contributed by atoms with Crippen molar-refractivity contribution in [3.63, 3.8) is 0 Å². The van der Waals surface area contributed by atoms with Crippen LogP contribution in [0.2, 0.25) is 0 Å². The molecular formula is C62H66F2N10O7. The molecule has 420 valence electrons. The lowest BCUT2D eigenvalue weighted by Crippen LogP contribution is -2.43. The highest BCUT2D eigenvalue weighted by molar-refractivity contribution is 6.02. The molecule has 17 nitrogen and oxygen atoms in total. The number of pyridine rings is 2. The SMILES string of the molecule is CO[C@H]1CN[C@@H](C(=O)Nc2cc(C(N)(CCC3CC3)c3ccncc3)ccc2F)C1.N#Cc1cccc(C(=O)O)c1.[C-]#[N+]c1cccc(C(=O)N2C[C@H](OC)C[C@@H]2C(=O)Nc2cc(C(N)(CCC3CC3)c3ccncc3)ccc2F)c1. The van der Waals surface area contributed by atoms with Crippen LogP contribution in [-0.2, 0) is 30.1 Å². The number of methoxy groups -OCH3 is 2. The monoisotopic (exact) mass is 1100 g/mol. The molecule has 4 fully saturated rings. The third-order valence-corrected chi connectivity index (χ3v) is 15.5. The Morgan fingerprint density at radius 2 is 1.26 bits per heavy atom. The third kappa shape index (κ3) is 14.9. The molecule has 10 rings (SSSR count). The summed E-state index contributed by atoms with van der Waals surface area (Å²) in [5.41, 5.74) is 16.8. The zero-order valence-corrected chi connectivity index (χ0v) is 45.2. The molecule has 2 aliphatic carbocycles. The number of carboxylic acid groups (broad SMARTS) is 1. The highest BCUT2D eigenvalue weighted by Crippen LogP contribution is 2.42. The van der Waals surface area contributed by atoms with E-state index >= 15 is 4.39 Å². The number of nitrogens with zero attached hydrogens (tertiary/aromatic N) is 5. The van der Waals surface area contributed by atoms with Gasteiger partial charge in [0, 0.05) is 64.1 Å². The van der Waals surface area contributed by atoms with Gasteiger partial charge >= 0.3 is 5.97 Å². The van der Waals surface area contributed by atoms with Crippen molar-refractivity contribution in [3.05, 3.63) is 196 Å². The number of likely N-dealkylation sites (tertiary alicyclic amines) is 1. The number of carbonyl (C=O) groups excluding carboxylic acids is 3. The number of nitrogens with one attached hydrogen (secondary N) is 3. The molecule has 4 heterocycles. The molecule has 2 saturated carbocycles. The van der Waals surface area contributed by atoms with Crippen LogP contribution < -0.4 is 27.4 Å². The van der Waals surface area contributed by atoms with Crippen LogP contribution in [-0.4, -0.2) is 95.3 Å². The predicted octanol–water partition coefficient (Wildman–Crippen LogP) is 9.22. The molecule has 6 aromatic rings. The molecule has 4 aromatic carbocycles. The summed E-state index contributed by atoms with van der Waals surface area (Å²) in [6, 6.07) is 29.7. The van der Waals surface area contributed by atoms with Crippen molar-refractivity contribution in [1.82, 2.24) is 20.2 Å². The van der Waals surface area contributed by atoms with Crippen LogP contribution in [0.15, 0.2) is 134 Å². The van der Waals surface area contributed by atoms with E-state index < -0.39 is 52.6 Å². The van der Waals surface area contributed by atoms with Gasteiger partial charge in [-0.15, -0.1) is 0 Å². The number of rotatable bonds is 18. The molecule has 2 saturated heterocycles. The highest BCUT2D eigenvalue weighted by Gasteiger charge is 2.41. The molecule has 2 aromatic heterocycles. The zero-order valence-electron chi connectivity index (χ0n) is 45.2. The Balaban J connectivity index is 0.000000184. The van der Waals surface area contributed by atoms with Gasteiger partial charge in [0.1, 0.15) is 17.7 Å². The Hall–Kier alpha value is -8.30. The van der Waals surface area contributed by atoms with Crippen molar-refractivity contribution in [2.24, 2.45) is 23.3 Å². The maximum Gasteiger partial charge on any atom is 0.335 e. The van der Waals surface area contributed by atoms with Crippen molar-refractivity contribution in [1.29, 1.82) is 5.26 Å². The minimum atomic E-state index is -1.01. The summed E-state index contributed by atoms with van der Waals surface area (Å²) >= 11 is 0. The normalized spacial score (nSPS) is 19.6. The number of halogens is 2. The summed E-state index contributed by atoms with van der Waals surface area (Å²) in [6.45, 7) is 8.05. The Kier molecular flexibility index (Phi) is 19.4. The number of amides is 3. The minimum absolute atomic E-state index is 0.000993. The van der Waals surface area contributed by atoms with Gasteiger partial charge in [-0.2, -0.15) is 5.26 Å². The van der Waals surface area contributed by atoms with Gasteiger partial charge in [-0.1, -0.05) is 62.1 Å². The number of aromatic nitrogens is 2. The molecule has 8 N–H and O–H groups in total. The van der Waals surface area contributed by atoms with Crippen molar-refractivity contribution < 1.29 is 42.5 Å². The average molecular weight is 1100 g/mol. The van der Waals surface area contributed by atoms with Crippen LogP contribution in [0, 0.1) is 41.4 Å². The summed E-state index contributed by atoms with van der Waals surface area (Å²) in [6.07, 6.45) is 15.5. The number of hydrogen-bond donors (Lipinski definition) is 6. The van der Waals surface area contributed by atoms with Gasteiger partial charge in [0.05, 0.1) is 64.5 Å². The number of nitriles is 1. The number of nitrogens with two attached hydrogens (primary N) is 2. The first-order valence-electron chi connectivity index (χ1n) is 27.0. The van der Waals surface area contributed by atoms with Gasteiger partial charge in [0.15, 0.2) is 5.69 Å². The third-order valence-electron chi connectivity index (χ3n) is 15.5. The molecule has 2 unspecified atom stereocenters. The minimum Gasteiger partial charge on any atom is -0.478 e. The molecule has 6 atom stereocenters. The van der Waals surface area contributed by atoms with Gasteiger partial charge in [-0.25, -0.2) is 18.4 Å². The van der Waals surface area contributed by atoms with Crippen LogP contribution in [0.1, 0.15) is 113 Å². The number of carboxylic acids is 1. The smallest absolute Gasteiger partial charge is 0.335 e. The summed E-state index contributed by atoms with van der Waals surface area (Å²) in [7, 11) is 3.15. The van der Waals surface area contributed by atoms with E-state index in [0.717, 1.165) is 41.9 Å². The van der Waals surface area contributed by atoms with Gasteiger partial charge in [0.2, 0.25) is 11.8 Å². The Bertz CT molecular complexity index is 3280. The Morgan fingerprint density at radius 1 is 0.728 bits per heavy atom. The van der Waals surface area contributed by atoms with Crippen LogP contribution in [0.4, 0.5) is 25.8 Å². The molecule has 4 aliphatic rings. The van der Waals surface area contributed by atoms with Gasteiger partial charge in [-0.05, 0) is 139 Å². The lowest BCUT2D eigenvalue weighted by Gasteiger charge is -2.31. The fraction of sp³-hybridized carbons (Fsp3) is 0.355. The summed E-state index contributed by atoms with van der Waals surface area (Å²) in [4.78, 5) is 62.9. The maximum atomic E-state index is 15.1. The van der Waals surface area contributed by atoms with E-state index in [-0.39, 0.29) is 48.0 Å². The second-order valence-corrected chi connectivity index (χ2v) is 21.0. The standard InChI is InChI=1S/C31H32FN5O3.C23H29FN4O2.C8H5NO2/c1-34-24-5-3-4-21(16-24)30(39)37-19-25(40-2)18-28(37)29(38)36-27-17-23(8-9-26(27)32)31(33,13-10-20-6-7-20)22-11-14-35-15-12-22;1-30-18-13-21(27-14-18)22(29)28-20-12-17(4-5-19(20)24)23(25,9-6-15-2-3-15)16-7-10-26-11-8-16;9-5-6-2-1-3-7(4-6)8(10)11/h3-5,8-9,11-12,14-17,20,25,28H,6-7,10,13,18-19,33H2,2H3,(H,36,38);4-5,7-8,10-12,15,18,21,27H,2-3,6,9,13-14,25H2,1H3,(H,28,29);1-4H,(H,10,11)/t25-,28-,31?;18-,21-,23?;/m11./s1. The van der Waals surface area contributed by atoms with Crippen molar-refractivity contribution in [3.8, 4) is 6.07 Å². The number of carbonyl (C=O) groups is 4. The van der Waals surface area contributed by atoms with E-state index in [1.165, 1.54) is 68.0 Å². The summed E-state index contributed by atoms with van der Waals surface area (Å²) in [5, 5.41) is 25.5. The molecule has 81 heavy (non-hydrogen) atoms. The van der Waals surface area contributed by atoms with Crippen molar-refractivity contribution in [2.45, 2.75) is 99.6 Å². The van der Waals surface area contributed by atoms with E-state index in [0.29, 0.717) is 47.7 Å². The highest BCUT2D eigenvalue weighted by atomic mass is 19.1. The molecule has 0 radical (unpaired) electrons. The first-order chi connectivity index (χ1) is 39.0. The predicted molar refractivity (Wildman–Crippen MR) is 301 cm³/mol. The number of aromatic carboxylic acids is 1. The number of ether oxygens (including phenoxy) is 2. The maximum absolute atomic E-state index is 15.1. The topological polar surface area (TPSA) is 252 Å². The van der Waals surface area contributed by atoms with E-state index in [1.54, 1.807) is 86.5 Å². The van der Waals surface area contributed by atoms with Gasteiger partial charge in [-0.3, -0.25) is 24.4 Å². The molecule has 2 aliphatic heterocycles. The second-order valence-electron chi connectivity index (χ2n) is 21.0. The number of anilines is 2. The summed E-state index contributed by atoms with van der Waals surface area (Å²) < 4.78 is 40.4. The van der Waals surface area contributed by atoms with E-state index in [4.69, 9.17) is 37.9 Å². The van der Waals surface area contributed by atoms with Crippen LogP contribution in [0.5, 0.6) is 0 Å². The lowest BCUT2D eigenvalue weighted by molar-refractivity contribution is -0.120. The van der Waals surface area contributed by atoms with E-state index in [1.807, 2.05) is 30.3 Å². The number of hydrogen-bond acceptors (Lipinski definition) is 12. The molecule has 3 amide bonds. The van der Waals surface area contributed by atoms with Crippen molar-refractivity contribution >= 4 is 40.8 Å². The summed E-state index contributed by atoms with van der Waals surface area (Å²) in [5.74, 6) is -1.89. The van der Waals surface area contributed by atoms with Crippen LogP contribution >= 0.6 is 0 Å². The van der Waals surface area contributed by atoms with E-state index in [2.05, 4.69) is 30.8 Å². The quantitative estimate of drug-likeness (QED) is 0.0440. The number of benzene rings is 4. The first-order valence-corrected chi connectivity index (χ1v) is 27.0. The van der Waals surface area contributed by atoms with Crippen molar-refractivity contribution in [2.75, 3.05) is 37.9 Å².